The van der Waals surface area contributed by atoms with E-state index in [0.717, 1.165) is 6.42 Å². The highest BCUT2D eigenvalue weighted by Crippen LogP contribution is 2.28. The smallest absolute Gasteiger partial charge is 0.211 e. The van der Waals surface area contributed by atoms with Gasteiger partial charge in [0, 0.05) is 13.1 Å². The molecule has 84 valence electrons. The second kappa shape index (κ2) is 4.19. The number of hydrogen-bond donors (Lipinski definition) is 0. The standard InChI is InChI=1S/C10H21NO2S/c1-8(2)10-5-9(3)6-11(7-10)14(4,12)13/h8-10H,5-7H2,1-4H3. The first-order valence-corrected chi connectivity index (χ1v) is 7.10. The van der Waals surface area contributed by atoms with E-state index in [1.54, 1.807) is 4.31 Å². The van der Waals surface area contributed by atoms with Gasteiger partial charge in [0.1, 0.15) is 0 Å². The van der Waals surface area contributed by atoms with Crippen molar-refractivity contribution in [1.82, 2.24) is 4.31 Å². The topological polar surface area (TPSA) is 37.4 Å². The first-order chi connectivity index (χ1) is 6.30. The number of nitrogens with zero attached hydrogens (tertiary/aromatic N) is 1. The molecule has 0 aliphatic carbocycles. The summed E-state index contributed by atoms with van der Waals surface area (Å²) in [5, 5.41) is 0. The van der Waals surface area contributed by atoms with Crippen LogP contribution in [0.25, 0.3) is 0 Å². The predicted octanol–water partition coefficient (Wildman–Crippen LogP) is 1.56. The lowest BCUT2D eigenvalue weighted by Gasteiger charge is -2.36. The molecular formula is C10H21NO2S. The Bertz CT molecular complexity index is 284. The summed E-state index contributed by atoms with van der Waals surface area (Å²) >= 11 is 0. The van der Waals surface area contributed by atoms with Crippen LogP contribution < -0.4 is 0 Å². The molecule has 0 radical (unpaired) electrons. The molecule has 0 N–H and O–H groups in total. The van der Waals surface area contributed by atoms with Crippen molar-refractivity contribution in [3.8, 4) is 0 Å². The van der Waals surface area contributed by atoms with E-state index in [2.05, 4.69) is 20.8 Å². The van der Waals surface area contributed by atoms with Crippen LogP contribution >= 0.6 is 0 Å². The van der Waals surface area contributed by atoms with E-state index in [1.165, 1.54) is 6.26 Å². The second-order valence-corrected chi connectivity index (χ2v) is 6.91. The minimum Gasteiger partial charge on any atom is -0.213 e. The minimum absolute atomic E-state index is 0.492. The number of sulfonamides is 1. The first-order valence-electron chi connectivity index (χ1n) is 5.25. The Balaban J connectivity index is 2.73. The maximum absolute atomic E-state index is 11.4. The fraction of sp³-hybridized carbons (Fsp3) is 1.00. The lowest BCUT2D eigenvalue weighted by molar-refractivity contribution is 0.173. The molecule has 2 unspecified atom stereocenters. The third-order valence-electron chi connectivity index (χ3n) is 3.07. The summed E-state index contributed by atoms with van der Waals surface area (Å²) < 4.78 is 24.5. The summed E-state index contributed by atoms with van der Waals surface area (Å²) in [6, 6.07) is 0. The van der Waals surface area contributed by atoms with Crippen molar-refractivity contribution in [2.24, 2.45) is 17.8 Å². The van der Waals surface area contributed by atoms with Crippen LogP contribution in [0.2, 0.25) is 0 Å². The molecule has 1 saturated heterocycles. The van der Waals surface area contributed by atoms with Gasteiger partial charge in [-0.2, -0.15) is 0 Å². The lowest BCUT2D eigenvalue weighted by Crippen LogP contribution is -2.44. The quantitative estimate of drug-likeness (QED) is 0.707. The molecule has 4 heteroatoms. The largest absolute Gasteiger partial charge is 0.213 e. The van der Waals surface area contributed by atoms with Crippen LogP contribution in [0.3, 0.4) is 0 Å². The van der Waals surface area contributed by atoms with Crippen molar-refractivity contribution >= 4 is 10.0 Å². The van der Waals surface area contributed by atoms with Crippen LogP contribution in [-0.4, -0.2) is 32.1 Å². The molecule has 1 heterocycles. The van der Waals surface area contributed by atoms with Gasteiger partial charge >= 0.3 is 0 Å². The van der Waals surface area contributed by atoms with Crippen LogP contribution in [-0.2, 0) is 10.0 Å². The highest BCUT2D eigenvalue weighted by molar-refractivity contribution is 7.88. The average molecular weight is 219 g/mol. The molecule has 0 amide bonds. The van der Waals surface area contributed by atoms with Crippen molar-refractivity contribution < 1.29 is 8.42 Å². The van der Waals surface area contributed by atoms with E-state index < -0.39 is 10.0 Å². The highest BCUT2D eigenvalue weighted by Gasteiger charge is 2.30. The summed E-state index contributed by atoms with van der Waals surface area (Å²) in [5.41, 5.74) is 0. The Morgan fingerprint density at radius 3 is 2.29 bits per heavy atom. The Morgan fingerprint density at radius 2 is 1.86 bits per heavy atom. The SMILES string of the molecule is CC1CC(C(C)C)CN(S(C)(=O)=O)C1. The second-order valence-electron chi connectivity index (χ2n) is 4.92. The molecule has 1 aliphatic rings. The fourth-order valence-electron chi connectivity index (χ4n) is 2.10. The van der Waals surface area contributed by atoms with Crippen molar-refractivity contribution in [3.63, 3.8) is 0 Å². The molecule has 2 atom stereocenters. The van der Waals surface area contributed by atoms with E-state index in [4.69, 9.17) is 0 Å². The maximum Gasteiger partial charge on any atom is 0.211 e. The Labute approximate surface area is 87.5 Å². The molecule has 1 rings (SSSR count). The fourth-order valence-corrected chi connectivity index (χ4v) is 3.09. The van der Waals surface area contributed by atoms with Crippen LogP contribution in [0, 0.1) is 17.8 Å². The summed E-state index contributed by atoms with van der Waals surface area (Å²) in [4.78, 5) is 0. The number of rotatable bonds is 2. The Morgan fingerprint density at radius 1 is 1.29 bits per heavy atom. The van der Waals surface area contributed by atoms with E-state index in [-0.39, 0.29) is 0 Å². The summed E-state index contributed by atoms with van der Waals surface area (Å²) in [5.74, 6) is 1.58. The van der Waals surface area contributed by atoms with E-state index in [1.807, 2.05) is 0 Å². The van der Waals surface area contributed by atoms with Crippen LogP contribution in [0.5, 0.6) is 0 Å². The van der Waals surface area contributed by atoms with E-state index in [0.29, 0.717) is 30.8 Å². The maximum atomic E-state index is 11.4. The molecule has 0 spiro atoms. The van der Waals surface area contributed by atoms with Gasteiger partial charge < -0.3 is 0 Å². The summed E-state index contributed by atoms with van der Waals surface area (Å²) in [6.45, 7) is 7.88. The van der Waals surface area contributed by atoms with Gasteiger partial charge in [0.15, 0.2) is 0 Å². The molecular weight excluding hydrogens is 198 g/mol. The molecule has 14 heavy (non-hydrogen) atoms. The molecule has 0 aromatic rings. The van der Waals surface area contributed by atoms with Gasteiger partial charge in [-0.05, 0) is 24.2 Å². The lowest BCUT2D eigenvalue weighted by atomic mass is 9.84. The number of piperidine rings is 1. The van der Waals surface area contributed by atoms with Crippen LogP contribution in [0.1, 0.15) is 27.2 Å². The Kier molecular flexibility index (Phi) is 3.58. The Hall–Kier alpha value is -0.0900. The van der Waals surface area contributed by atoms with E-state index >= 15 is 0 Å². The van der Waals surface area contributed by atoms with Gasteiger partial charge in [0.2, 0.25) is 10.0 Å². The zero-order valence-electron chi connectivity index (χ0n) is 9.53. The normalized spacial score (nSPS) is 30.9. The van der Waals surface area contributed by atoms with Gasteiger partial charge in [-0.25, -0.2) is 12.7 Å². The molecule has 1 aliphatic heterocycles. The molecule has 0 aromatic carbocycles. The first kappa shape index (κ1) is 12.0. The monoisotopic (exact) mass is 219 g/mol. The molecule has 0 bridgehead atoms. The van der Waals surface area contributed by atoms with Gasteiger partial charge in [-0.15, -0.1) is 0 Å². The van der Waals surface area contributed by atoms with Crippen molar-refractivity contribution in [2.75, 3.05) is 19.3 Å². The van der Waals surface area contributed by atoms with Gasteiger partial charge in [0.25, 0.3) is 0 Å². The highest BCUT2D eigenvalue weighted by atomic mass is 32.2. The third-order valence-corrected chi connectivity index (χ3v) is 4.31. The van der Waals surface area contributed by atoms with Crippen molar-refractivity contribution in [1.29, 1.82) is 0 Å². The average Bonchev–Trinajstić information content (AvgIpc) is 2.01. The van der Waals surface area contributed by atoms with Gasteiger partial charge in [-0.1, -0.05) is 20.8 Å². The minimum atomic E-state index is -2.99. The zero-order valence-corrected chi connectivity index (χ0v) is 10.3. The number of hydrogen-bond acceptors (Lipinski definition) is 2. The van der Waals surface area contributed by atoms with Gasteiger partial charge in [-0.3, -0.25) is 0 Å². The molecule has 0 aromatic heterocycles. The van der Waals surface area contributed by atoms with Gasteiger partial charge in [0.05, 0.1) is 6.26 Å². The van der Waals surface area contributed by atoms with Crippen molar-refractivity contribution in [3.05, 3.63) is 0 Å². The summed E-state index contributed by atoms with van der Waals surface area (Å²) in [7, 11) is -2.99. The summed E-state index contributed by atoms with van der Waals surface area (Å²) in [6.07, 6.45) is 2.46. The van der Waals surface area contributed by atoms with Crippen LogP contribution in [0.15, 0.2) is 0 Å². The molecule has 1 fully saturated rings. The zero-order chi connectivity index (χ0) is 10.9. The molecule has 0 saturated carbocycles. The van der Waals surface area contributed by atoms with Crippen molar-refractivity contribution in [2.45, 2.75) is 27.2 Å². The molecule has 3 nitrogen and oxygen atoms in total. The third kappa shape index (κ3) is 2.95. The van der Waals surface area contributed by atoms with E-state index in [9.17, 15) is 8.42 Å². The van der Waals surface area contributed by atoms with Crippen LogP contribution in [0.4, 0.5) is 0 Å². The predicted molar refractivity (Wildman–Crippen MR) is 58.5 cm³/mol.